The van der Waals surface area contributed by atoms with E-state index in [1.165, 1.54) is 7.11 Å². The van der Waals surface area contributed by atoms with Crippen LogP contribution in [0.25, 0.3) is 0 Å². The second-order valence-corrected chi connectivity index (χ2v) is 8.87. The zero-order valence-electron chi connectivity index (χ0n) is 21.4. The molecule has 8 nitrogen and oxygen atoms in total. The van der Waals surface area contributed by atoms with Crippen LogP contribution in [0.4, 0.5) is 4.79 Å². The number of hydrogen-bond donors (Lipinski definition) is 1. The summed E-state index contributed by atoms with van der Waals surface area (Å²) in [4.78, 5) is 32.1. The number of imidazole rings is 1. The van der Waals surface area contributed by atoms with Crippen molar-refractivity contribution >= 4 is 12.0 Å². The van der Waals surface area contributed by atoms with Gasteiger partial charge in [0.1, 0.15) is 12.8 Å². The fraction of sp³-hybridized carbons (Fsp3) is 0.233. The van der Waals surface area contributed by atoms with E-state index in [0.29, 0.717) is 19.7 Å². The van der Waals surface area contributed by atoms with Crippen molar-refractivity contribution in [1.82, 2.24) is 19.8 Å². The lowest BCUT2D eigenvalue weighted by atomic mass is 10.1. The van der Waals surface area contributed by atoms with E-state index in [-0.39, 0.29) is 19.2 Å². The van der Waals surface area contributed by atoms with E-state index >= 15 is 0 Å². The zero-order chi connectivity index (χ0) is 26.6. The summed E-state index contributed by atoms with van der Waals surface area (Å²) in [5, 5.41) is 2.89. The molecule has 196 valence electrons. The van der Waals surface area contributed by atoms with Crippen LogP contribution in [0.3, 0.4) is 0 Å². The van der Waals surface area contributed by atoms with Crippen LogP contribution in [0.1, 0.15) is 22.4 Å². The molecule has 0 spiro atoms. The number of nitrogens with one attached hydrogen (secondary N) is 1. The maximum atomic E-state index is 13.5. The average Bonchev–Trinajstić information content (AvgIpc) is 3.40. The van der Waals surface area contributed by atoms with Gasteiger partial charge in [0.25, 0.3) is 0 Å². The summed E-state index contributed by atoms with van der Waals surface area (Å²) in [6, 6.07) is 28.1. The number of urea groups is 1. The zero-order valence-corrected chi connectivity index (χ0v) is 21.4. The fourth-order valence-corrected chi connectivity index (χ4v) is 4.06. The van der Waals surface area contributed by atoms with Gasteiger partial charge in [-0.05, 0) is 16.7 Å². The normalized spacial score (nSPS) is 11.5. The van der Waals surface area contributed by atoms with Gasteiger partial charge >= 0.3 is 12.0 Å². The number of methoxy groups -OCH3 is 1. The van der Waals surface area contributed by atoms with E-state index in [1.807, 2.05) is 95.6 Å². The van der Waals surface area contributed by atoms with Crippen molar-refractivity contribution in [2.45, 2.75) is 38.9 Å². The summed E-state index contributed by atoms with van der Waals surface area (Å²) in [5.41, 5.74) is 3.78. The average molecular weight is 513 g/mol. The lowest BCUT2D eigenvalue weighted by Gasteiger charge is -2.26. The molecule has 0 aliphatic carbocycles. The first-order valence-electron chi connectivity index (χ1n) is 12.4. The quantitative estimate of drug-likeness (QED) is 0.282. The second kappa shape index (κ2) is 13.8. The Bertz CT molecular complexity index is 1240. The standard InChI is InChI=1S/C30H32N4O4/c1-37-29(35)28(17-27-18-31-22-34(27)23-38-21-26-15-9-4-10-16-26)32-30(36)33(19-24-11-5-2-6-12-24)20-25-13-7-3-8-14-25/h2-16,18,22,28H,17,19-21,23H2,1H3,(H,32,36)/t28-/m0/s1. The minimum Gasteiger partial charge on any atom is -0.467 e. The number of nitrogens with zero attached hydrogens (tertiary/aromatic N) is 3. The van der Waals surface area contributed by atoms with Crippen molar-refractivity contribution in [3.05, 3.63) is 126 Å². The number of carbonyl (C=O) groups is 2. The Morgan fingerprint density at radius 2 is 1.42 bits per heavy atom. The van der Waals surface area contributed by atoms with Crippen LogP contribution in [0, 0.1) is 0 Å². The summed E-state index contributed by atoms with van der Waals surface area (Å²) in [6.45, 7) is 1.49. The Hall–Kier alpha value is -4.43. The Kier molecular flexibility index (Phi) is 9.64. The van der Waals surface area contributed by atoms with E-state index in [1.54, 1.807) is 17.4 Å². The van der Waals surface area contributed by atoms with Crippen LogP contribution in [0.5, 0.6) is 0 Å². The Morgan fingerprint density at radius 3 is 1.97 bits per heavy atom. The number of ether oxygens (including phenoxy) is 2. The van der Waals surface area contributed by atoms with Gasteiger partial charge in [-0.2, -0.15) is 0 Å². The molecule has 0 bridgehead atoms. The third kappa shape index (κ3) is 7.78. The molecule has 0 unspecified atom stereocenters. The van der Waals surface area contributed by atoms with Gasteiger partial charge in [-0.1, -0.05) is 91.0 Å². The summed E-state index contributed by atoms with van der Waals surface area (Å²) < 4.78 is 12.7. The largest absolute Gasteiger partial charge is 0.467 e. The molecule has 0 radical (unpaired) electrons. The number of benzene rings is 3. The minimum absolute atomic E-state index is 0.206. The van der Waals surface area contributed by atoms with Crippen LogP contribution in [0.15, 0.2) is 104 Å². The van der Waals surface area contributed by atoms with Gasteiger partial charge in [-0.25, -0.2) is 14.6 Å². The molecule has 2 amide bonds. The highest BCUT2D eigenvalue weighted by Gasteiger charge is 2.26. The van der Waals surface area contributed by atoms with Crippen molar-refractivity contribution in [1.29, 1.82) is 0 Å². The first kappa shape index (κ1) is 26.6. The Morgan fingerprint density at radius 1 is 0.868 bits per heavy atom. The van der Waals surface area contributed by atoms with Crippen molar-refractivity contribution in [2.24, 2.45) is 0 Å². The third-order valence-electron chi connectivity index (χ3n) is 6.06. The molecule has 1 aromatic heterocycles. The lowest BCUT2D eigenvalue weighted by Crippen LogP contribution is -2.49. The van der Waals surface area contributed by atoms with Gasteiger partial charge < -0.3 is 24.3 Å². The molecule has 0 saturated heterocycles. The molecule has 38 heavy (non-hydrogen) atoms. The number of rotatable bonds is 12. The molecule has 3 aromatic carbocycles. The highest BCUT2D eigenvalue weighted by Crippen LogP contribution is 2.13. The van der Waals surface area contributed by atoms with Gasteiger partial charge in [0.15, 0.2) is 0 Å². The first-order valence-corrected chi connectivity index (χ1v) is 12.4. The van der Waals surface area contributed by atoms with Gasteiger partial charge in [0.05, 0.1) is 20.0 Å². The number of hydrogen-bond acceptors (Lipinski definition) is 5. The van der Waals surface area contributed by atoms with E-state index in [0.717, 1.165) is 22.4 Å². The Labute approximate surface area is 222 Å². The fourth-order valence-electron chi connectivity index (χ4n) is 4.06. The maximum Gasteiger partial charge on any atom is 0.328 e. The molecule has 0 aliphatic heterocycles. The second-order valence-electron chi connectivity index (χ2n) is 8.87. The predicted molar refractivity (Wildman–Crippen MR) is 144 cm³/mol. The third-order valence-corrected chi connectivity index (χ3v) is 6.06. The van der Waals surface area contributed by atoms with Gasteiger partial charge in [-0.3, -0.25) is 0 Å². The van der Waals surface area contributed by atoms with Crippen LogP contribution < -0.4 is 5.32 Å². The van der Waals surface area contributed by atoms with E-state index in [4.69, 9.17) is 9.47 Å². The maximum absolute atomic E-state index is 13.5. The number of carbonyl (C=O) groups excluding carboxylic acids is 2. The number of amides is 2. The SMILES string of the molecule is COC(=O)[C@H](Cc1cncn1COCc1ccccc1)NC(=O)N(Cc1ccccc1)Cc1ccccc1. The molecule has 4 rings (SSSR count). The van der Waals surface area contributed by atoms with Crippen LogP contribution >= 0.6 is 0 Å². The number of aromatic nitrogens is 2. The topological polar surface area (TPSA) is 85.7 Å². The molecule has 1 heterocycles. The van der Waals surface area contributed by atoms with E-state index in [2.05, 4.69) is 10.3 Å². The lowest BCUT2D eigenvalue weighted by molar-refractivity contribution is -0.142. The molecule has 1 atom stereocenters. The monoisotopic (exact) mass is 512 g/mol. The van der Waals surface area contributed by atoms with E-state index in [9.17, 15) is 9.59 Å². The highest BCUT2D eigenvalue weighted by molar-refractivity contribution is 5.83. The molecule has 0 fully saturated rings. The number of esters is 1. The molecule has 0 saturated carbocycles. The summed E-state index contributed by atoms with van der Waals surface area (Å²) in [6.07, 6.45) is 3.52. The summed E-state index contributed by atoms with van der Waals surface area (Å²) in [7, 11) is 1.31. The smallest absolute Gasteiger partial charge is 0.328 e. The first-order chi connectivity index (χ1) is 18.6. The summed E-state index contributed by atoms with van der Waals surface area (Å²) >= 11 is 0. The molecule has 4 aromatic rings. The van der Waals surface area contributed by atoms with Gasteiger partial charge in [-0.15, -0.1) is 0 Å². The molecule has 8 heteroatoms. The van der Waals surface area contributed by atoms with Crippen molar-refractivity contribution < 1.29 is 19.1 Å². The van der Waals surface area contributed by atoms with Gasteiger partial charge in [0.2, 0.25) is 0 Å². The van der Waals surface area contributed by atoms with Crippen LogP contribution in [0.2, 0.25) is 0 Å². The predicted octanol–water partition coefficient (Wildman–Crippen LogP) is 4.55. The Balaban J connectivity index is 1.44. The van der Waals surface area contributed by atoms with Crippen molar-refractivity contribution in [3.63, 3.8) is 0 Å². The van der Waals surface area contributed by atoms with Crippen LogP contribution in [-0.4, -0.2) is 39.6 Å². The molecule has 1 N–H and O–H groups in total. The summed E-state index contributed by atoms with van der Waals surface area (Å²) in [5.74, 6) is -0.532. The minimum atomic E-state index is -0.897. The van der Waals surface area contributed by atoms with Crippen molar-refractivity contribution in [3.8, 4) is 0 Å². The highest BCUT2D eigenvalue weighted by atomic mass is 16.5. The van der Waals surface area contributed by atoms with Gasteiger partial charge in [0, 0.05) is 31.4 Å². The van der Waals surface area contributed by atoms with E-state index < -0.39 is 12.0 Å². The molecule has 0 aliphatic rings. The molecular weight excluding hydrogens is 480 g/mol. The van der Waals surface area contributed by atoms with Crippen molar-refractivity contribution in [2.75, 3.05) is 7.11 Å². The van der Waals surface area contributed by atoms with Crippen LogP contribution in [-0.2, 0) is 47.1 Å². The molecular formula is C30H32N4O4.